The molecule has 0 saturated carbocycles. The molecule has 6 N–H and O–H groups in total. The van der Waals surface area contributed by atoms with Crippen LogP contribution >= 0.6 is 0 Å². The first-order valence-corrected chi connectivity index (χ1v) is 34.3. The van der Waals surface area contributed by atoms with Crippen molar-refractivity contribution in [1.29, 1.82) is 0 Å². The molecule has 0 fully saturated rings. The third-order valence-electron chi connectivity index (χ3n) is 17.7. The summed E-state index contributed by atoms with van der Waals surface area (Å²) in [5.74, 6) is -0.275. The molecule has 3 aromatic heterocycles. The maximum absolute atomic E-state index is 13.0. The van der Waals surface area contributed by atoms with E-state index in [1.165, 1.54) is 49.9 Å². The van der Waals surface area contributed by atoms with Crippen molar-refractivity contribution in [3.8, 4) is 17.6 Å². The van der Waals surface area contributed by atoms with E-state index in [2.05, 4.69) is 58.9 Å². The second kappa shape index (κ2) is 24.8. The molecular weight excluding hydrogens is 1220 g/mol. The number of carbonyl (C=O) groups is 3. The minimum absolute atomic E-state index is 0.0116. The number of fused-ring (bicyclic) bond motifs is 9. The number of aryl methyl sites for hydroxylation is 6. The monoisotopic (exact) mass is 1300 g/mol. The Morgan fingerprint density at radius 2 is 0.756 bits per heavy atom. The van der Waals surface area contributed by atoms with Crippen LogP contribution in [0.2, 0.25) is 0 Å². The normalized spacial score (nSPS) is 22.8. The van der Waals surface area contributed by atoms with Gasteiger partial charge in [0.05, 0.1) is 49.2 Å². The van der Waals surface area contributed by atoms with Crippen LogP contribution in [-0.2, 0) is 141 Å². The maximum atomic E-state index is 13.0. The zero-order valence-corrected chi connectivity index (χ0v) is 51.5. The van der Waals surface area contributed by atoms with Gasteiger partial charge in [-0.2, -0.15) is 15.3 Å². The Kier molecular flexibility index (Phi) is 14.3. The van der Waals surface area contributed by atoms with Crippen molar-refractivity contribution in [2.75, 3.05) is 57.0 Å². The van der Waals surface area contributed by atoms with Crippen molar-refractivity contribution >= 4 is 65.2 Å². The molecule has 90 heavy (non-hydrogen) atoms. The first kappa shape index (κ1) is 51.9. The Balaban J connectivity index is 0.000000132. The molecule has 3 aromatic carbocycles. The van der Waals surface area contributed by atoms with Gasteiger partial charge in [0.25, 0.3) is 30.1 Å². The Hall–Kier alpha value is -7.77. The fourth-order valence-electron chi connectivity index (χ4n) is 13.7. The summed E-state index contributed by atoms with van der Waals surface area (Å²) in [5, 5.41) is 20.2. The molecule has 0 bridgehead atoms. The number of carbonyl (C=O) groups excluding carboxylic acids is 3. The number of urea groups is 3. The highest BCUT2D eigenvalue weighted by molar-refractivity contribution is 7.90. The number of anilines is 3. The highest BCUT2D eigenvalue weighted by atomic mass is 32.2. The third-order valence-corrected chi connectivity index (χ3v) is 21.7. The topological polar surface area (TPSA) is 335 Å². The van der Waals surface area contributed by atoms with Crippen LogP contribution in [-0.4, -0.2) is 132 Å². The van der Waals surface area contributed by atoms with E-state index >= 15 is 0 Å². The van der Waals surface area contributed by atoms with E-state index in [4.69, 9.17) is 39.4 Å². The van der Waals surface area contributed by atoms with Gasteiger partial charge >= 0.3 is 18.1 Å². The number of benzene rings is 3. The molecular formula is C60H72N12O15S3. The fraction of sp³-hybridized carbons (Fsp3) is 0.500. The molecule has 480 valence electrons. The number of amides is 6. The van der Waals surface area contributed by atoms with Crippen molar-refractivity contribution in [1.82, 2.24) is 43.5 Å². The van der Waals surface area contributed by atoms with E-state index in [0.717, 1.165) is 184 Å². The van der Waals surface area contributed by atoms with Gasteiger partial charge in [-0.1, -0.05) is 18.2 Å². The number of nitrogens with zero attached hydrogens (tertiary/aromatic N) is 6. The van der Waals surface area contributed by atoms with Crippen LogP contribution in [0.4, 0.5) is 31.4 Å². The summed E-state index contributed by atoms with van der Waals surface area (Å²) < 4.78 is 178. The highest BCUT2D eigenvalue weighted by Crippen LogP contribution is 2.42. The second-order valence-corrected chi connectivity index (χ2v) is 28.3. The molecule has 15 rings (SSSR count). The molecule has 3 atom stereocenters. The van der Waals surface area contributed by atoms with E-state index in [0.29, 0.717) is 5.69 Å². The first-order valence-electron chi connectivity index (χ1n) is 33.8. The lowest BCUT2D eigenvalue weighted by Gasteiger charge is -2.23. The van der Waals surface area contributed by atoms with Gasteiger partial charge in [-0.3, -0.25) is 0 Å². The molecule has 0 saturated heterocycles. The van der Waals surface area contributed by atoms with Gasteiger partial charge in [-0.25, -0.2) is 67.8 Å². The minimum atomic E-state index is -4.36. The minimum Gasteiger partial charge on any atom is -0.474 e. The first-order chi connectivity index (χ1) is 46.3. The molecule has 6 aromatic rings. The van der Waals surface area contributed by atoms with E-state index in [1.54, 1.807) is 0 Å². The van der Waals surface area contributed by atoms with Crippen molar-refractivity contribution < 1.29 is 79.0 Å². The number of hydrogen-bond donors (Lipinski definition) is 6. The summed E-state index contributed by atoms with van der Waals surface area (Å²) in [5.41, 5.74) is 16.1. The predicted octanol–water partition coefficient (Wildman–Crippen LogP) is 5.33. The van der Waals surface area contributed by atoms with Crippen molar-refractivity contribution in [3.05, 3.63) is 104 Å². The molecule has 30 heteroatoms. The Morgan fingerprint density at radius 1 is 0.456 bits per heavy atom. The standard InChI is InChI=1S/3C20H24N4O5S/c3*1-28-14-10-24-19(29-11-14)17(9-21-24)30(26,27)23-20(25)22-18-15-6-2-4-12(15)8-13-5-3-7-16(13)18/h3*8-9,14H,2-7,10-11H2,1H3,(H2,22,23,25)/i1D3,14D;14D;1D3. The molecule has 6 aliphatic carbocycles. The fourth-order valence-corrected chi connectivity index (χ4v) is 16.6. The largest absolute Gasteiger partial charge is 0.474 e. The van der Waals surface area contributed by atoms with Gasteiger partial charge in [-0.15, -0.1) is 0 Å². The van der Waals surface area contributed by atoms with Gasteiger partial charge in [0, 0.05) is 38.2 Å². The van der Waals surface area contributed by atoms with Gasteiger partial charge < -0.3 is 44.4 Å². The Labute approximate surface area is 532 Å². The number of nitrogens with one attached hydrogen (secondary N) is 6. The van der Waals surface area contributed by atoms with Gasteiger partial charge in [0.2, 0.25) is 17.6 Å². The average Bonchev–Trinajstić information content (AvgIpc) is 1.55. The zero-order chi connectivity index (χ0) is 69.5. The van der Waals surface area contributed by atoms with Crippen LogP contribution in [0.5, 0.6) is 17.6 Å². The van der Waals surface area contributed by atoms with Gasteiger partial charge in [-0.05, 0) is 182 Å². The van der Waals surface area contributed by atoms with Crippen LogP contribution in [0.3, 0.4) is 0 Å². The van der Waals surface area contributed by atoms with E-state index < -0.39 is 87.1 Å². The van der Waals surface area contributed by atoms with Gasteiger partial charge in [0.15, 0.2) is 14.7 Å². The number of ether oxygens (including phenoxy) is 6. The lowest BCUT2D eigenvalue weighted by Crippen LogP contribution is -2.36. The number of methoxy groups -OCH3 is 3. The summed E-state index contributed by atoms with van der Waals surface area (Å²) in [6, 6.07) is 4.15. The number of sulfonamides is 3. The van der Waals surface area contributed by atoms with Crippen molar-refractivity contribution in [3.63, 3.8) is 0 Å². The average molecular weight is 1310 g/mol. The smallest absolute Gasteiger partial charge is 0.333 e. The highest BCUT2D eigenvalue weighted by Gasteiger charge is 2.37. The SMILES string of the molecule is [2H]C([2H])([2H])OC1([2H])COc2c(S(=O)(=O)NC(=O)Nc3c4c(cc5c3CCC5)CCC4)cnn2C1.[2H]C([2H])([2H])OC1COc2c(S(=O)(=O)NC(=O)Nc3c4c(cc5c3CCC5)CCC4)cnn2C1.[2H]C1(OC)COc2c(S(=O)(=O)NC(=O)Nc3c4c(cc5c3CCC5)CCC4)cnn2C1. The van der Waals surface area contributed by atoms with E-state index in [1.807, 2.05) is 4.72 Å². The van der Waals surface area contributed by atoms with E-state index in [-0.39, 0.29) is 65.2 Å². The molecule has 3 unspecified atom stereocenters. The molecule has 0 spiro atoms. The van der Waals surface area contributed by atoms with Crippen LogP contribution < -0.4 is 44.3 Å². The van der Waals surface area contributed by atoms with Crippen molar-refractivity contribution in [2.24, 2.45) is 0 Å². The summed E-state index contributed by atoms with van der Waals surface area (Å²) in [7, 11) is -16.9. The second-order valence-electron chi connectivity index (χ2n) is 23.3. The lowest BCUT2D eigenvalue weighted by atomic mass is 9.99. The summed E-state index contributed by atoms with van der Waals surface area (Å²) >= 11 is 0. The Bertz CT molecular complexity index is 4490. The summed E-state index contributed by atoms with van der Waals surface area (Å²) in [6.45, 7) is -1.15. The molecule has 9 aliphatic rings. The Morgan fingerprint density at radius 3 is 1.07 bits per heavy atom. The van der Waals surface area contributed by atoms with E-state index in [9.17, 15) is 39.6 Å². The van der Waals surface area contributed by atoms with Crippen LogP contribution in [0.15, 0.2) is 51.5 Å². The van der Waals surface area contributed by atoms with Crippen LogP contribution in [0, 0.1) is 0 Å². The lowest BCUT2D eigenvalue weighted by molar-refractivity contribution is 0.0165. The van der Waals surface area contributed by atoms with Crippen LogP contribution in [0.1, 0.15) is 116 Å². The number of hydrogen-bond acceptors (Lipinski definition) is 18. The van der Waals surface area contributed by atoms with Crippen molar-refractivity contribution in [2.45, 2.75) is 168 Å². The third kappa shape index (κ3) is 12.0. The molecule has 3 aliphatic heterocycles. The maximum Gasteiger partial charge on any atom is 0.333 e. The molecule has 27 nitrogen and oxygen atoms in total. The quantitative estimate of drug-likeness (QED) is 0.0901. The number of aromatic nitrogens is 6. The molecule has 0 radical (unpaired) electrons. The van der Waals surface area contributed by atoms with Gasteiger partial charge in [0.1, 0.15) is 38.1 Å². The summed E-state index contributed by atoms with van der Waals surface area (Å²) in [6.07, 6.45) is 16.1. The zero-order valence-electron chi connectivity index (χ0n) is 57.0. The molecule has 6 heterocycles. The molecule has 6 amide bonds. The summed E-state index contributed by atoms with van der Waals surface area (Å²) in [4.78, 5) is 37.3. The number of rotatable bonds is 12. The predicted molar refractivity (Wildman–Crippen MR) is 325 cm³/mol. The van der Waals surface area contributed by atoms with Crippen LogP contribution in [0.25, 0.3) is 0 Å².